The van der Waals surface area contributed by atoms with E-state index in [1.165, 1.54) is 6.07 Å². The summed E-state index contributed by atoms with van der Waals surface area (Å²) in [6.45, 7) is 4.07. The summed E-state index contributed by atoms with van der Waals surface area (Å²) in [6, 6.07) is 8.21. The molecule has 5 amide bonds. The van der Waals surface area contributed by atoms with Crippen LogP contribution < -0.4 is 20.4 Å². The first-order valence-electron chi connectivity index (χ1n) is 21.1. The fourth-order valence-corrected chi connectivity index (χ4v) is 10.3. The van der Waals surface area contributed by atoms with Gasteiger partial charge in [0.1, 0.15) is 29.0 Å². The number of anilines is 4. The molecule has 9 heterocycles. The van der Waals surface area contributed by atoms with Crippen molar-refractivity contribution in [2.45, 2.75) is 82.0 Å². The van der Waals surface area contributed by atoms with Gasteiger partial charge in [-0.3, -0.25) is 39.1 Å². The van der Waals surface area contributed by atoms with Gasteiger partial charge >= 0.3 is 0 Å². The number of carbonyl (C=O) groups is 5. The lowest BCUT2D eigenvalue weighted by Crippen LogP contribution is -2.69. The number of hydrogen-bond donors (Lipinski definition) is 2. The molecule has 2 bridgehead atoms. The number of amides is 5. The second-order valence-electron chi connectivity index (χ2n) is 17.4. The maximum atomic E-state index is 15.6. The average molecular weight is 818 g/mol. The highest BCUT2D eigenvalue weighted by molar-refractivity contribution is 6.23. The van der Waals surface area contributed by atoms with Crippen LogP contribution in [0.15, 0.2) is 42.7 Å². The average Bonchev–Trinajstić information content (AvgIpc) is 3.97. The third-order valence-electron chi connectivity index (χ3n) is 13.5. The molecule has 1 aromatic carbocycles. The van der Waals surface area contributed by atoms with Crippen LogP contribution in [0.25, 0.3) is 11.0 Å². The molecule has 4 aromatic rings. The van der Waals surface area contributed by atoms with Crippen molar-refractivity contribution in [3.63, 3.8) is 0 Å². The molecule has 17 heteroatoms. The molecular weight excluding hydrogens is 770 g/mol. The normalized spacial score (nSPS) is 23.6. The topological polar surface area (TPSA) is 169 Å². The van der Waals surface area contributed by atoms with Gasteiger partial charge < -0.3 is 24.6 Å². The highest BCUT2D eigenvalue weighted by atomic mass is 19.1. The smallest absolute Gasteiger partial charge is 0.270 e. The molecule has 2 N–H and O–H groups in total. The Labute approximate surface area is 346 Å². The Kier molecular flexibility index (Phi) is 9.52. The van der Waals surface area contributed by atoms with Gasteiger partial charge in [0, 0.05) is 82.9 Å². The van der Waals surface area contributed by atoms with Gasteiger partial charge in [-0.2, -0.15) is 4.98 Å². The minimum atomic E-state index is -1.09. The van der Waals surface area contributed by atoms with E-state index in [0.29, 0.717) is 42.2 Å². The largest absolute Gasteiger partial charge is 0.370 e. The van der Waals surface area contributed by atoms with Gasteiger partial charge in [0.15, 0.2) is 0 Å². The minimum Gasteiger partial charge on any atom is -0.370 e. The van der Waals surface area contributed by atoms with Crippen molar-refractivity contribution in [2.75, 3.05) is 61.9 Å². The summed E-state index contributed by atoms with van der Waals surface area (Å²) in [4.78, 5) is 87.3. The maximum Gasteiger partial charge on any atom is 0.270 e. The molecule has 0 spiro atoms. The monoisotopic (exact) mass is 817 g/mol. The highest BCUT2D eigenvalue weighted by Gasteiger charge is 2.48. The number of halogens is 1. The number of pyridine rings is 1. The molecule has 0 radical (unpaired) electrons. The van der Waals surface area contributed by atoms with Crippen molar-refractivity contribution in [2.24, 2.45) is 5.92 Å². The lowest BCUT2D eigenvalue weighted by Gasteiger charge is -2.58. The van der Waals surface area contributed by atoms with Gasteiger partial charge in [-0.05, 0) is 74.8 Å². The number of imide groups is 2. The van der Waals surface area contributed by atoms with Gasteiger partial charge in [0.25, 0.3) is 17.7 Å². The molecule has 6 fully saturated rings. The lowest BCUT2D eigenvalue weighted by molar-refractivity contribution is -0.136. The SMILES string of the molecule is CN(C)C(=O)c1cc2cnc(Nc3ccc(N4CCC(CN5C6CC5CN(c5cc7c(cc5F)C(=O)N(C5CCC(=O)NC5=O)C7=O)C6)CC4)cn3)nc2n1C1CCCC1. The first kappa shape index (κ1) is 38.2. The molecule has 1 saturated carbocycles. The third-order valence-corrected chi connectivity index (χ3v) is 13.5. The van der Waals surface area contributed by atoms with Crippen LogP contribution in [-0.4, -0.2) is 129 Å². The van der Waals surface area contributed by atoms with Crippen molar-refractivity contribution in [3.05, 3.63) is 65.4 Å². The fourth-order valence-electron chi connectivity index (χ4n) is 10.3. The first-order chi connectivity index (χ1) is 29.0. The van der Waals surface area contributed by atoms with E-state index in [0.717, 1.165) is 92.3 Å². The van der Waals surface area contributed by atoms with Crippen LogP contribution in [0.2, 0.25) is 0 Å². The molecular formula is C43H48FN11O5. The van der Waals surface area contributed by atoms with E-state index in [-0.39, 0.29) is 48.0 Å². The van der Waals surface area contributed by atoms with E-state index >= 15 is 4.39 Å². The van der Waals surface area contributed by atoms with E-state index < -0.39 is 35.5 Å². The van der Waals surface area contributed by atoms with Gasteiger partial charge in [-0.15, -0.1) is 0 Å². The van der Waals surface area contributed by atoms with E-state index in [1.54, 1.807) is 25.2 Å². The molecule has 11 rings (SSSR count). The van der Waals surface area contributed by atoms with Crippen molar-refractivity contribution < 1.29 is 28.4 Å². The molecule has 5 saturated heterocycles. The maximum absolute atomic E-state index is 15.6. The Morgan fingerprint density at radius 1 is 0.883 bits per heavy atom. The van der Waals surface area contributed by atoms with Crippen LogP contribution in [0.5, 0.6) is 0 Å². The Hall–Kier alpha value is -5.97. The van der Waals surface area contributed by atoms with Gasteiger partial charge in [-0.25, -0.2) is 14.4 Å². The Bertz CT molecular complexity index is 2410. The van der Waals surface area contributed by atoms with Crippen LogP contribution >= 0.6 is 0 Å². The molecule has 3 aromatic heterocycles. The van der Waals surface area contributed by atoms with Crippen LogP contribution in [-0.2, 0) is 9.59 Å². The number of rotatable bonds is 9. The van der Waals surface area contributed by atoms with Crippen LogP contribution in [0, 0.1) is 11.7 Å². The molecule has 312 valence electrons. The zero-order valence-corrected chi connectivity index (χ0v) is 33.8. The molecule has 3 atom stereocenters. The highest BCUT2D eigenvalue weighted by Crippen LogP contribution is 2.40. The number of nitrogens with zero attached hydrogens (tertiary/aromatic N) is 9. The van der Waals surface area contributed by atoms with Crippen molar-refractivity contribution in [1.29, 1.82) is 0 Å². The number of hydrogen-bond acceptors (Lipinski definition) is 12. The number of piperazine rings is 1. The molecule has 6 aliphatic heterocycles. The minimum absolute atomic E-state index is 0.0237. The summed E-state index contributed by atoms with van der Waals surface area (Å²) in [7, 11) is 3.54. The van der Waals surface area contributed by atoms with E-state index in [1.807, 2.05) is 23.2 Å². The Morgan fingerprint density at radius 3 is 2.30 bits per heavy atom. The van der Waals surface area contributed by atoms with E-state index in [9.17, 15) is 24.0 Å². The number of fused-ring (bicyclic) bond motifs is 4. The Balaban J connectivity index is 0.735. The van der Waals surface area contributed by atoms with Crippen LogP contribution in [0.4, 0.5) is 27.5 Å². The van der Waals surface area contributed by atoms with Gasteiger partial charge in [0.05, 0.1) is 28.7 Å². The second kappa shape index (κ2) is 14.9. The first-order valence-corrected chi connectivity index (χ1v) is 21.1. The summed E-state index contributed by atoms with van der Waals surface area (Å²) in [6.07, 6.45) is 11.2. The van der Waals surface area contributed by atoms with Crippen molar-refractivity contribution in [3.8, 4) is 0 Å². The number of carbonyl (C=O) groups excluding carboxylic acids is 5. The number of benzene rings is 1. The number of aromatic nitrogens is 4. The number of piperidine rings is 3. The van der Waals surface area contributed by atoms with Crippen molar-refractivity contribution >= 4 is 63.7 Å². The zero-order valence-electron chi connectivity index (χ0n) is 33.8. The summed E-state index contributed by atoms with van der Waals surface area (Å²) >= 11 is 0. The molecule has 3 unspecified atom stereocenters. The molecule has 16 nitrogen and oxygen atoms in total. The zero-order chi connectivity index (χ0) is 41.4. The second-order valence-corrected chi connectivity index (χ2v) is 17.4. The Morgan fingerprint density at radius 2 is 1.62 bits per heavy atom. The number of nitrogens with one attached hydrogen (secondary N) is 2. The van der Waals surface area contributed by atoms with E-state index in [4.69, 9.17) is 9.97 Å². The quantitative estimate of drug-likeness (QED) is 0.233. The predicted molar refractivity (Wildman–Crippen MR) is 220 cm³/mol. The molecule has 1 aliphatic carbocycles. The predicted octanol–water partition coefficient (Wildman–Crippen LogP) is 4.11. The standard InChI is InChI=1S/C43H48FN11O5/c1-50(2)42(60)35-15-25-19-46-43(49-38(25)54(35)26-5-3-4-6-26)47-36-9-7-27(20-45-36)51-13-11-24(12-14-51)21-53-28-16-29(53)23-52(22-28)34-18-31-30(17-32(34)44)40(58)55(41(31)59)33-8-10-37(56)48-39(33)57/h7,9,15,17-20,24,26,28-29,33H,3-6,8,10-14,16,21-23H2,1-2H3,(H,48,56,57)(H,45,46,47,49). The summed E-state index contributed by atoms with van der Waals surface area (Å²) in [5.74, 6) is -1.46. The molecule has 7 aliphatic rings. The summed E-state index contributed by atoms with van der Waals surface area (Å²) in [5.41, 5.74) is 2.81. The van der Waals surface area contributed by atoms with Crippen LogP contribution in [0.3, 0.4) is 0 Å². The third kappa shape index (κ3) is 6.62. The van der Waals surface area contributed by atoms with Crippen LogP contribution in [0.1, 0.15) is 95.0 Å². The van der Waals surface area contributed by atoms with Crippen molar-refractivity contribution in [1.82, 2.24) is 39.5 Å². The van der Waals surface area contributed by atoms with E-state index in [2.05, 4.69) is 36.1 Å². The van der Waals surface area contributed by atoms with Gasteiger partial charge in [-0.1, -0.05) is 12.8 Å². The van der Waals surface area contributed by atoms with Gasteiger partial charge in [0.2, 0.25) is 17.8 Å². The summed E-state index contributed by atoms with van der Waals surface area (Å²) in [5, 5.41) is 6.31. The lowest BCUT2D eigenvalue weighted by atomic mass is 9.84. The summed E-state index contributed by atoms with van der Waals surface area (Å²) < 4.78 is 17.7. The molecule has 60 heavy (non-hydrogen) atoms. The fraction of sp³-hybridized carbons (Fsp3) is 0.488.